The van der Waals surface area contributed by atoms with Gasteiger partial charge < -0.3 is 24.4 Å². The fraction of sp³-hybridized carbons (Fsp3) is 0.435. The molecule has 3 rings (SSSR count). The molecule has 0 saturated carbocycles. The van der Waals surface area contributed by atoms with Crippen molar-refractivity contribution in [3.8, 4) is 17.2 Å². The Kier molecular flexibility index (Phi) is 8.20. The normalized spacial score (nSPS) is 14.3. The van der Waals surface area contributed by atoms with Gasteiger partial charge in [-0.2, -0.15) is 0 Å². The van der Waals surface area contributed by atoms with Crippen molar-refractivity contribution in [3.63, 3.8) is 0 Å². The number of rotatable bonds is 10. The molecule has 162 valence electrons. The summed E-state index contributed by atoms with van der Waals surface area (Å²) in [4.78, 5) is 16.7. The van der Waals surface area contributed by atoms with Gasteiger partial charge in [-0.15, -0.1) is 0 Å². The summed E-state index contributed by atoms with van der Waals surface area (Å²) in [5.41, 5.74) is 1.11. The molecular formula is C23H31N3O4. The number of benzene rings is 2. The van der Waals surface area contributed by atoms with E-state index in [2.05, 4.69) is 21.2 Å². The van der Waals surface area contributed by atoms with E-state index in [1.54, 1.807) is 7.11 Å². The number of para-hydroxylation sites is 2. The molecule has 1 amide bonds. The lowest BCUT2D eigenvalue weighted by Gasteiger charge is -2.36. The van der Waals surface area contributed by atoms with Gasteiger partial charge in [0.15, 0.2) is 0 Å². The van der Waals surface area contributed by atoms with E-state index in [1.807, 2.05) is 49.4 Å². The molecule has 1 heterocycles. The Morgan fingerprint density at radius 3 is 2.30 bits per heavy atom. The molecule has 7 nitrogen and oxygen atoms in total. The van der Waals surface area contributed by atoms with Gasteiger partial charge >= 0.3 is 0 Å². The summed E-state index contributed by atoms with van der Waals surface area (Å²) in [5.74, 6) is 2.50. The highest BCUT2D eigenvalue weighted by Crippen LogP contribution is 2.28. The molecule has 1 fully saturated rings. The van der Waals surface area contributed by atoms with Gasteiger partial charge in [-0.25, -0.2) is 0 Å². The minimum atomic E-state index is 0.0241. The van der Waals surface area contributed by atoms with Gasteiger partial charge in [-0.3, -0.25) is 9.69 Å². The molecule has 30 heavy (non-hydrogen) atoms. The van der Waals surface area contributed by atoms with Crippen molar-refractivity contribution in [1.82, 2.24) is 10.2 Å². The van der Waals surface area contributed by atoms with Crippen molar-refractivity contribution in [1.29, 1.82) is 0 Å². The SMILES string of the molecule is CCOc1ccc(OCCNC(=O)CN2CCN(c3ccccc3OC)CC2)cc1. The van der Waals surface area contributed by atoms with E-state index >= 15 is 0 Å². The summed E-state index contributed by atoms with van der Waals surface area (Å²) < 4.78 is 16.5. The van der Waals surface area contributed by atoms with Crippen molar-refractivity contribution in [2.24, 2.45) is 0 Å². The maximum atomic E-state index is 12.2. The molecule has 1 aliphatic rings. The van der Waals surface area contributed by atoms with Crippen LogP contribution < -0.4 is 24.4 Å². The molecule has 1 aliphatic heterocycles. The molecule has 0 bridgehead atoms. The monoisotopic (exact) mass is 413 g/mol. The Balaban J connectivity index is 1.33. The Labute approximate surface area is 178 Å². The highest BCUT2D eigenvalue weighted by Gasteiger charge is 2.20. The molecule has 1 N–H and O–H groups in total. The number of carbonyl (C=O) groups is 1. The average molecular weight is 414 g/mol. The molecule has 7 heteroatoms. The summed E-state index contributed by atoms with van der Waals surface area (Å²) in [6.07, 6.45) is 0. The number of carbonyl (C=O) groups excluding carboxylic acids is 1. The smallest absolute Gasteiger partial charge is 0.234 e. The molecule has 2 aromatic carbocycles. The number of methoxy groups -OCH3 is 1. The van der Waals surface area contributed by atoms with Crippen molar-refractivity contribution in [3.05, 3.63) is 48.5 Å². The van der Waals surface area contributed by atoms with Crippen LogP contribution in [-0.4, -0.2) is 70.4 Å². The Bertz CT molecular complexity index is 789. The molecule has 0 unspecified atom stereocenters. The summed E-state index contributed by atoms with van der Waals surface area (Å²) in [6.45, 7) is 7.33. The van der Waals surface area contributed by atoms with E-state index in [1.165, 1.54) is 0 Å². The van der Waals surface area contributed by atoms with E-state index in [0.29, 0.717) is 26.3 Å². The van der Waals surface area contributed by atoms with Crippen LogP contribution in [0.4, 0.5) is 5.69 Å². The zero-order valence-corrected chi connectivity index (χ0v) is 17.8. The molecule has 0 atom stereocenters. The first-order valence-corrected chi connectivity index (χ1v) is 10.4. The van der Waals surface area contributed by atoms with Crippen LogP contribution >= 0.6 is 0 Å². The van der Waals surface area contributed by atoms with E-state index in [0.717, 1.165) is 49.1 Å². The van der Waals surface area contributed by atoms with Crippen LogP contribution in [-0.2, 0) is 4.79 Å². The number of amides is 1. The first-order chi connectivity index (χ1) is 14.7. The van der Waals surface area contributed by atoms with Gasteiger partial charge in [0.25, 0.3) is 0 Å². The zero-order valence-electron chi connectivity index (χ0n) is 17.8. The number of anilines is 1. The summed E-state index contributed by atoms with van der Waals surface area (Å²) in [7, 11) is 1.69. The number of ether oxygens (including phenoxy) is 3. The van der Waals surface area contributed by atoms with Crippen molar-refractivity contribution in [2.45, 2.75) is 6.92 Å². The van der Waals surface area contributed by atoms with Gasteiger partial charge in [-0.1, -0.05) is 12.1 Å². The number of nitrogens with zero attached hydrogens (tertiary/aromatic N) is 2. The number of hydrogen-bond donors (Lipinski definition) is 1. The third-order valence-electron chi connectivity index (χ3n) is 4.99. The summed E-state index contributed by atoms with van der Waals surface area (Å²) in [5, 5.41) is 2.93. The molecule has 0 aliphatic carbocycles. The molecule has 0 spiro atoms. The number of nitrogens with one attached hydrogen (secondary N) is 1. The third-order valence-corrected chi connectivity index (χ3v) is 4.99. The zero-order chi connectivity index (χ0) is 21.2. The largest absolute Gasteiger partial charge is 0.495 e. The van der Waals surface area contributed by atoms with Crippen molar-refractivity contribution < 1.29 is 19.0 Å². The second kappa shape index (κ2) is 11.3. The van der Waals surface area contributed by atoms with Crippen LogP contribution in [0.25, 0.3) is 0 Å². The Morgan fingerprint density at radius 2 is 1.63 bits per heavy atom. The minimum absolute atomic E-state index is 0.0241. The van der Waals surface area contributed by atoms with Gasteiger partial charge in [0.05, 0.1) is 32.5 Å². The van der Waals surface area contributed by atoms with Gasteiger partial charge in [0.2, 0.25) is 5.91 Å². The first kappa shape index (κ1) is 21.8. The standard InChI is InChI=1S/C23H31N3O4/c1-3-29-19-8-10-20(11-9-19)30-17-12-24-23(27)18-25-13-15-26(16-14-25)21-6-4-5-7-22(21)28-2/h4-11H,3,12-18H2,1-2H3,(H,24,27). The molecule has 0 radical (unpaired) electrons. The third kappa shape index (κ3) is 6.29. The highest BCUT2D eigenvalue weighted by molar-refractivity contribution is 5.78. The van der Waals surface area contributed by atoms with Crippen LogP contribution in [0, 0.1) is 0 Å². The fourth-order valence-electron chi connectivity index (χ4n) is 3.45. The maximum absolute atomic E-state index is 12.2. The van der Waals surface area contributed by atoms with Crippen LogP contribution in [0.5, 0.6) is 17.2 Å². The lowest BCUT2D eigenvalue weighted by atomic mass is 10.2. The fourth-order valence-corrected chi connectivity index (χ4v) is 3.45. The van der Waals surface area contributed by atoms with E-state index in [-0.39, 0.29) is 5.91 Å². The van der Waals surface area contributed by atoms with Crippen molar-refractivity contribution in [2.75, 3.05) is 64.5 Å². The van der Waals surface area contributed by atoms with Gasteiger partial charge in [0.1, 0.15) is 23.9 Å². The van der Waals surface area contributed by atoms with Gasteiger partial charge in [-0.05, 0) is 43.3 Å². The minimum Gasteiger partial charge on any atom is -0.495 e. The molecule has 2 aromatic rings. The first-order valence-electron chi connectivity index (χ1n) is 10.4. The van der Waals surface area contributed by atoms with Crippen LogP contribution in [0.15, 0.2) is 48.5 Å². The number of hydrogen-bond acceptors (Lipinski definition) is 6. The van der Waals surface area contributed by atoms with E-state index in [9.17, 15) is 4.79 Å². The Morgan fingerprint density at radius 1 is 0.967 bits per heavy atom. The van der Waals surface area contributed by atoms with Crippen LogP contribution in [0.1, 0.15) is 6.92 Å². The lowest BCUT2D eigenvalue weighted by Crippen LogP contribution is -2.49. The summed E-state index contributed by atoms with van der Waals surface area (Å²) >= 11 is 0. The van der Waals surface area contributed by atoms with Gasteiger partial charge in [0, 0.05) is 26.2 Å². The topological polar surface area (TPSA) is 63.3 Å². The predicted molar refractivity (Wildman–Crippen MR) is 118 cm³/mol. The second-order valence-electron chi connectivity index (χ2n) is 7.04. The maximum Gasteiger partial charge on any atom is 0.234 e. The van der Waals surface area contributed by atoms with Crippen LogP contribution in [0.3, 0.4) is 0 Å². The van der Waals surface area contributed by atoms with Crippen LogP contribution in [0.2, 0.25) is 0 Å². The summed E-state index contributed by atoms with van der Waals surface area (Å²) in [6, 6.07) is 15.5. The molecular weight excluding hydrogens is 382 g/mol. The molecule has 1 saturated heterocycles. The average Bonchev–Trinajstić information content (AvgIpc) is 2.78. The predicted octanol–water partition coefficient (Wildman–Crippen LogP) is 2.41. The molecule has 0 aromatic heterocycles. The highest BCUT2D eigenvalue weighted by atomic mass is 16.5. The number of piperazine rings is 1. The Hall–Kier alpha value is -2.93. The van der Waals surface area contributed by atoms with E-state index < -0.39 is 0 Å². The second-order valence-corrected chi connectivity index (χ2v) is 7.04. The van der Waals surface area contributed by atoms with E-state index in [4.69, 9.17) is 14.2 Å². The lowest BCUT2D eigenvalue weighted by molar-refractivity contribution is -0.122. The van der Waals surface area contributed by atoms with Crippen molar-refractivity contribution >= 4 is 11.6 Å². The quantitative estimate of drug-likeness (QED) is 0.604.